The second-order valence-electron chi connectivity index (χ2n) is 5.37. The van der Waals surface area contributed by atoms with Crippen LogP contribution in [0.5, 0.6) is 0 Å². The van der Waals surface area contributed by atoms with Gasteiger partial charge in [-0.3, -0.25) is 0 Å². The summed E-state index contributed by atoms with van der Waals surface area (Å²) in [5.41, 5.74) is 0. The Morgan fingerprint density at radius 1 is 1.10 bits per heavy atom. The van der Waals surface area contributed by atoms with Gasteiger partial charge < -0.3 is 9.80 Å². The average Bonchev–Trinajstić information content (AvgIpc) is 2.43. The van der Waals surface area contributed by atoms with Crippen LogP contribution in [-0.4, -0.2) is 64.2 Å². The van der Waals surface area contributed by atoms with Gasteiger partial charge in [-0.1, -0.05) is 25.1 Å². The van der Waals surface area contributed by atoms with Crippen molar-refractivity contribution in [1.29, 1.82) is 0 Å². The fourth-order valence-electron chi connectivity index (χ4n) is 2.02. The Balaban J connectivity index is 3.00. The highest BCUT2D eigenvalue weighted by molar-refractivity contribution is 7.91. The van der Waals surface area contributed by atoms with Crippen molar-refractivity contribution in [3.63, 3.8) is 0 Å². The van der Waals surface area contributed by atoms with E-state index < -0.39 is 9.84 Å². The third-order valence-electron chi connectivity index (χ3n) is 3.08. The standard InChI is InChI=1S/C15H25N3O2S/c1-6-13(16-15(17(2)3)18(4)5)12-21(19,20)14-10-8-7-9-11-14/h7-11,13H,6,12H2,1-5H3. The Labute approximate surface area is 128 Å². The summed E-state index contributed by atoms with van der Waals surface area (Å²) in [6, 6.07) is 8.29. The van der Waals surface area contributed by atoms with E-state index in [1.54, 1.807) is 24.3 Å². The van der Waals surface area contributed by atoms with E-state index in [0.29, 0.717) is 11.3 Å². The first kappa shape index (κ1) is 17.5. The van der Waals surface area contributed by atoms with Crippen LogP contribution >= 0.6 is 0 Å². The number of hydrogen-bond acceptors (Lipinski definition) is 3. The molecule has 1 aromatic rings. The van der Waals surface area contributed by atoms with Crippen LogP contribution in [0, 0.1) is 0 Å². The summed E-state index contributed by atoms with van der Waals surface area (Å²) in [7, 11) is 4.29. The lowest BCUT2D eigenvalue weighted by atomic mass is 10.3. The number of hydrogen-bond donors (Lipinski definition) is 0. The summed E-state index contributed by atoms with van der Waals surface area (Å²) in [5.74, 6) is 0.795. The molecule has 0 radical (unpaired) electrons. The molecule has 0 fully saturated rings. The quantitative estimate of drug-likeness (QED) is 0.614. The first-order valence-electron chi connectivity index (χ1n) is 6.98. The summed E-state index contributed by atoms with van der Waals surface area (Å²) in [6.45, 7) is 1.96. The van der Waals surface area contributed by atoms with Gasteiger partial charge in [-0.15, -0.1) is 0 Å². The molecule has 0 aromatic heterocycles. The van der Waals surface area contributed by atoms with Crippen LogP contribution < -0.4 is 0 Å². The smallest absolute Gasteiger partial charge is 0.195 e. The number of nitrogens with zero attached hydrogens (tertiary/aromatic N) is 3. The van der Waals surface area contributed by atoms with E-state index in [-0.39, 0.29) is 11.8 Å². The number of guanidine groups is 1. The Morgan fingerprint density at radius 3 is 2.05 bits per heavy atom. The van der Waals surface area contributed by atoms with Gasteiger partial charge in [0.05, 0.1) is 16.7 Å². The number of sulfone groups is 1. The molecule has 1 unspecified atom stereocenters. The Kier molecular flexibility index (Phi) is 6.20. The minimum absolute atomic E-state index is 0.0265. The Hall–Kier alpha value is -1.56. The van der Waals surface area contributed by atoms with E-state index >= 15 is 0 Å². The molecule has 6 heteroatoms. The van der Waals surface area contributed by atoms with Gasteiger partial charge in [0.15, 0.2) is 15.8 Å². The zero-order valence-corrected chi connectivity index (χ0v) is 14.3. The first-order valence-corrected chi connectivity index (χ1v) is 8.63. The van der Waals surface area contributed by atoms with E-state index in [1.165, 1.54) is 0 Å². The molecule has 0 aliphatic rings. The highest BCUT2D eigenvalue weighted by Gasteiger charge is 2.21. The van der Waals surface area contributed by atoms with Crippen molar-refractivity contribution in [1.82, 2.24) is 9.80 Å². The molecule has 0 N–H and O–H groups in total. The Bertz CT molecular complexity index is 556. The van der Waals surface area contributed by atoms with Crippen LogP contribution in [0.1, 0.15) is 13.3 Å². The summed E-state index contributed by atoms with van der Waals surface area (Å²) >= 11 is 0. The molecule has 0 amide bonds. The average molecular weight is 311 g/mol. The SMILES string of the molecule is CCC(CS(=O)(=O)c1ccccc1)N=C(N(C)C)N(C)C. The monoisotopic (exact) mass is 311 g/mol. The predicted molar refractivity (Wildman–Crippen MR) is 87.4 cm³/mol. The largest absolute Gasteiger partial charge is 0.349 e. The molecule has 118 valence electrons. The molecule has 0 saturated heterocycles. The van der Waals surface area contributed by atoms with Gasteiger partial charge in [0.2, 0.25) is 0 Å². The Morgan fingerprint density at radius 2 is 1.62 bits per heavy atom. The predicted octanol–water partition coefficient (Wildman–Crippen LogP) is 1.72. The molecule has 1 aromatic carbocycles. The lowest BCUT2D eigenvalue weighted by molar-refractivity contribution is 0.471. The second-order valence-corrected chi connectivity index (χ2v) is 7.41. The molecular weight excluding hydrogens is 286 g/mol. The lowest BCUT2D eigenvalue weighted by Crippen LogP contribution is -2.37. The van der Waals surface area contributed by atoms with E-state index in [2.05, 4.69) is 4.99 Å². The molecule has 0 aliphatic heterocycles. The molecule has 21 heavy (non-hydrogen) atoms. The van der Waals surface area contributed by atoms with E-state index in [4.69, 9.17) is 0 Å². The van der Waals surface area contributed by atoms with Gasteiger partial charge in [0.1, 0.15) is 0 Å². The van der Waals surface area contributed by atoms with Crippen molar-refractivity contribution in [2.45, 2.75) is 24.3 Å². The van der Waals surface area contributed by atoms with Crippen molar-refractivity contribution in [2.24, 2.45) is 4.99 Å². The van der Waals surface area contributed by atoms with Gasteiger partial charge >= 0.3 is 0 Å². The fourth-order valence-corrected chi connectivity index (χ4v) is 3.60. The number of aliphatic imine (C=N–C) groups is 1. The minimum atomic E-state index is -3.31. The molecular formula is C15H25N3O2S. The zero-order chi connectivity index (χ0) is 16.0. The van der Waals surface area contributed by atoms with Crippen LogP contribution in [-0.2, 0) is 9.84 Å². The highest BCUT2D eigenvalue weighted by atomic mass is 32.2. The van der Waals surface area contributed by atoms with Gasteiger partial charge in [-0.05, 0) is 18.6 Å². The third kappa shape index (κ3) is 5.04. The summed E-state index contributed by atoms with van der Waals surface area (Å²) in [4.78, 5) is 8.72. The van der Waals surface area contributed by atoms with Gasteiger partial charge in [-0.25, -0.2) is 13.4 Å². The van der Waals surface area contributed by atoms with Crippen molar-refractivity contribution < 1.29 is 8.42 Å². The molecule has 5 nitrogen and oxygen atoms in total. The maximum atomic E-state index is 12.4. The molecule has 0 heterocycles. The van der Waals surface area contributed by atoms with Crippen molar-refractivity contribution in [2.75, 3.05) is 33.9 Å². The van der Waals surface area contributed by atoms with Gasteiger partial charge in [-0.2, -0.15) is 0 Å². The fraction of sp³-hybridized carbons (Fsp3) is 0.533. The normalized spacial score (nSPS) is 12.6. The number of rotatable bonds is 5. The minimum Gasteiger partial charge on any atom is -0.349 e. The molecule has 0 saturated carbocycles. The highest BCUT2D eigenvalue weighted by Crippen LogP contribution is 2.14. The van der Waals surface area contributed by atoms with Crippen LogP contribution in [0.15, 0.2) is 40.2 Å². The van der Waals surface area contributed by atoms with Gasteiger partial charge in [0.25, 0.3) is 0 Å². The number of benzene rings is 1. The van der Waals surface area contributed by atoms with E-state index in [9.17, 15) is 8.42 Å². The van der Waals surface area contributed by atoms with Crippen molar-refractivity contribution in [3.05, 3.63) is 30.3 Å². The van der Waals surface area contributed by atoms with Crippen LogP contribution in [0.4, 0.5) is 0 Å². The second kappa shape index (κ2) is 7.45. The van der Waals surface area contributed by atoms with Gasteiger partial charge in [0, 0.05) is 28.2 Å². The van der Waals surface area contributed by atoms with Crippen molar-refractivity contribution in [3.8, 4) is 0 Å². The summed E-state index contributed by atoms with van der Waals surface area (Å²) < 4.78 is 24.9. The maximum Gasteiger partial charge on any atom is 0.195 e. The summed E-state index contributed by atoms with van der Waals surface area (Å²) in [6.07, 6.45) is 0.678. The van der Waals surface area contributed by atoms with Crippen LogP contribution in [0.25, 0.3) is 0 Å². The molecule has 0 bridgehead atoms. The molecule has 0 aliphatic carbocycles. The first-order chi connectivity index (χ1) is 9.77. The van der Waals surface area contributed by atoms with E-state index in [0.717, 1.165) is 5.96 Å². The van der Waals surface area contributed by atoms with Crippen LogP contribution in [0.2, 0.25) is 0 Å². The molecule has 1 atom stereocenters. The topological polar surface area (TPSA) is 53.0 Å². The third-order valence-corrected chi connectivity index (χ3v) is 4.90. The molecule has 0 spiro atoms. The van der Waals surface area contributed by atoms with E-state index in [1.807, 2.05) is 51.0 Å². The van der Waals surface area contributed by atoms with Crippen LogP contribution in [0.3, 0.4) is 0 Å². The zero-order valence-electron chi connectivity index (χ0n) is 13.4. The lowest BCUT2D eigenvalue weighted by Gasteiger charge is -2.24. The molecule has 1 rings (SSSR count). The van der Waals surface area contributed by atoms with Crippen molar-refractivity contribution >= 4 is 15.8 Å². The maximum absolute atomic E-state index is 12.4. The summed E-state index contributed by atoms with van der Waals surface area (Å²) in [5, 5.41) is 0.